The minimum absolute atomic E-state index is 0.124. The van der Waals surface area contributed by atoms with Crippen LogP contribution in [0.1, 0.15) is 20.3 Å². The van der Waals surface area contributed by atoms with E-state index in [1.807, 2.05) is 6.07 Å². The van der Waals surface area contributed by atoms with E-state index >= 15 is 0 Å². The lowest BCUT2D eigenvalue weighted by molar-refractivity contribution is 0.276. The van der Waals surface area contributed by atoms with Gasteiger partial charge in [-0.1, -0.05) is 18.5 Å². The third-order valence-electron chi connectivity index (χ3n) is 3.75. The fourth-order valence-corrected chi connectivity index (χ4v) is 3.77. The van der Waals surface area contributed by atoms with Gasteiger partial charge in [0.25, 0.3) is 0 Å². The molecule has 0 amide bonds. The van der Waals surface area contributed by atoms with E-state index in [0.717, 1.165) is 24.2 Å². The van der Waals surface area contributed by atoms with E-state index in [1.165, 1.54) is 18.0 Å². The van der Waals surface area contributed by atoms with Crippen molar-refractivity contribution in [2.75, 3.05) is 6.54 Å². The van der Waals surface area contributed by atoms with Crippen LogP contribution in [0.5, 0.6) is 5.75 Å². The normalized spacial score (nSPS) is 26.2. The van der Waals surface area contributed by atoms with Gasteiger partial charge in [0.05, 0.1) is 11.2 Å². The Labute approximate surface area is 143 Å². The van der Waals surface area contributed by atoms with E-state index in [4.69, 9.17) is 21.6 Å². The van der Waals surface area contributed by atoms with Crippen LogP contribution in [0.15, 0.2) is 17.1 Å². The highest BCUT2D eigenvalue weighted by molar-refractivity contribution is 8.12. The second-order valence-electron chi connectivity index (χ2n) is 5.75. The molecule has 0 bridgehead atoms. The second-order valence-corrected chi connectivity index (χ2v) is 6.96. The fourth-order valence-electron chi connectivity index (χ4n) is 2.65. The van der Waals surface area contributed by atoms with Crippen LogP contribution in [0.25, 0.3) is 0 Å². The van der Waals surface area contributed by atoms with Gasteiger partial charge < -0.3 is 9.64 Å². The Kier molecular flexibility index (Phi) is 4.67. The summed E-state index contributed by atoms with van der Waals surface area (Å²) in [5.41, 5.74) is 0.152. The smallest absolute Gasteiger partial charge is 0.181 e. The van der Waals surface area contributed by atoms with Gasteiger partial charge in [-0.15, -0.1) is 0 Å². The number of aliphatic imine (C=N–C) groups is 1. The highest BCUT2D eigenvalue weighted by atomic mass is 35.5. The molecule has 2 saturated heterocycles. The van der Waals surface area contributed by atoms with Crippen LogP contribution in [0.3, 0.4) is 0 Å². The Morgan fingerprint density at radius 3 is 3.13 bits per heavy atom. The zero-order chi connectivity index (χ0) is 16.6. The first-order valence-corrected chi connectivity index (χ1v) is 8.50. The Morgan fingerprint density at radius 1 is 1.61 bits per heavy atom. The zero-order valence-electron chi connectivity index (χ0n) is 12.7. The number of halogens is 2. The molecular formula is C15H16ClFN4OS. The summed E-state index contributed by atoms with van der Waals surface area (Å²) in [5, 5.41) is 9.69. The lowest BCUT2D eigenvalue weighted by Gasteiger charge is -2.16. The van der Waals surface area contributed by atoms with E-state index < -0.39 is 11.9 Å². The summed E-state index contributed by atoms with van der Waals surface area (Å²) in [7, 11) is 0. The average molecular weight is 355 g/mol. The highest BCUT2D eigenvalue weighted by Crippen LogP contribution is 2.36. The summed E-state index contributed by atoms with van der Waals surface area (Å²) in [5.74, 6) is 0.309. The largest absolute Gasteiger partial charge is 0.474 e. The van der Waals surface area contributed by atoms with E-state index in [2.05, 4.69) is 21.5 Å². The number of hydrogen-bond acceptors (Lipinski definition) is 5. The summed E-state index contributed by atoms with van der Waals surface area (Å²) in [6.45, 7) is 4.67. The third-order valence-corrected chi connectivity index (χ3v) is 4.94. The molecule has 0 aromatic heterocycles. The first-order chi connectivity index (χ1) is 11.0. The van der Waals surface area contributed by atoms with Crippen molar-refractivity contribution in [2.45, 2.75) is 32.5 Å². The molecule has 0 aliphatic carbocycles. The van der Waals surface area contributed by atoms with Crippen molar-refractivity contribution < 1.29 is 9.13 Å². The third kappa shape index (κ3) is 3.39. The number of benzene rings is 1. The van der Waals surface area contributed by atoms with Gasteiger partial charge in [-0.2, -0.15) is 5.26 Å². The van der Waals surface area contributed by atoms with Crippen molar-refractivity contribution in [1.82, 2.24) is 9.62 Å². The molecule has 122 valence electrons. The molecule has 3 atom stereocenters. The maximum atomic E-state index is 14.2. The van der Waals surface area contributed by atoms with E-state index in [-0.39, 0.29) is 22.6 Å². The number of ether oxygens (including phenoxy) is 1. The number of nitrogens with one attached hydrogen (secondary N) is 1. The predicted octanol–water partition coefficient (Wildman–Crippen LogP) is 3.68. The average Bonchev–Trinajstić information content (AvgIpc) is 3.04. The maximum absolute atomic E-state index is 14.2. The molecule has 1 aromatic carbocycles. The standard InChI is InChI=1S/C15H16ClFN4OS/c1-8-3-14-20-23-15(21(14)7-8)19-12-5-13(22-9(2)6-18)10(16)4-11(12)17/h4-5,8-9,14,20H,3,7H2,1-2H3. The van der Waals surface area contributed by atoms with E-state index in [0.29, 0.717) is 5.92 Å². The summed E-state index contributed by atoms with van der Waals surface area (Å²) >= 11 is 7.38. The van der Waals surface area contributed by atoms with Gasteiger partial charge in [-0.3, -0.25) is 0 Å². The Bertz CT molecular complexity index is 693. The number of amidine groups is 1. The van der Waals surface area contributed by atoms with Gasteiger partial charge >= 0.3 is 0 Å². The fraction of sp³-hybridized carbons (Fsp3) is 0.467. The van der Waals surface area contributed by atoms with Gasteiger partial charge in [0.15, 0.2) is 17.1 Å². The molecule has 0 saturated carbocycles. The molecular weight excluding hydrogens is 339 g/mol. The van der Waals surface area contributed by atoms with Crippen molar-refractivity contribution in [1.29, 1.82) is 5.26 Å². The number of nitriles is 1. The van der Waals surface area contributed by atoms with E-state index in [9.17, 15) is 4.39 Å². The summed E-state index contributed by atoms with van der Waals surface area (Å²) in [4.78, 5) is 6.56. The molecule has 3 rings (SSSR count). The topological polar surface area (TPSA) is 60.7 Å². The van der Waals surface area contributed by atoms with Crippen LogP contribution in [-0.2, 0) is 0 Å². The van der Waals surface area contributed by atoms with Gasteiger partial charge in [0.2, 0.25) is 0 Å². The second kappa shape index (κ2) is 6.56. The summed E-state index contributed by atoms with van der Waals surface area (Å²) in [6.07, 6.45) is 0.617. The van der Waals surface area contributed by atoms with Crippen molar-refractivity contribution in [2.24, 2.45) is 10.9 Å². The summed E-state index contributed by atoms with van der Waals surface area (Å²) < 4.78 is 22.9. The minimum Gasteiger partial charge on any atom is -0.474 e. The quantitative estimate of drug-likeness (QED) is 0.839. The molecule has 1 N–H and O–H groups in total. The summed E-state index contributed by atoms with van der Waals surface area (Å²) in [6, 6.07) is 4.55. The molecule has 3 unspecified atom stereocenters. The van der Waals surface area contributed by atoms with Crippen LogP contribution in [0.2, 0.25) is 5.02 Å². The molecule has 2 aliphatic heterocycles. The van der Waals surface area contributed by atoms with Crippen LogP contribution >= 0.6 is 23.5 Å². The maximum Gasteiger partial charge on any atom is 0.181 e. The Balaban J connectivity index is 1.89. The highest BCUT2D eigenvalue weighted by Gasteiger charge is 2.37. The van der Waals surface area contributed by atoms with E-state index in [1.54, 1.807) is 6.92 Å². The Morgan fingerprint density at radius 2 is 2.39 bits per heavy atom. The SMILES string of the molecule is CC1CC2NSC(=Nc3cc(OC(C)C#N)c(Cl)cc3F)N2C1. The number of rotatable bonds is 3. The van der Waals surface area contributed by atoms with Crippen LogP contribution in [0, 0.1) is 23.1 Å². The molecule has 1 aromatic rings. The number of nitrogens with zero attached hydrogens (tertiary/aromatic N) is 3. The molecule has 8 heteroatoms. The molecule has 2 aliphatic rings. The zero-order valence-corrected chi connectivity index (χ0v) is 14.3. The monoisotopic (exact) mass is 354 g/mol. The lowest BCUT2D eigenvalue weighted by atomic mass is 10.1. The van der Waals surface area contributed by atoms with Gasteiger partial charge in [-0.05, 0) is 37.3 Å². The predicted molar refractivity (Wildman–Crippen MR) is 89.2 cm³/mol. The lowest BCUT2D eigenvalue weighted by Crippen LogP contribution is -2.30. The first kappa shape index (κ1) is 16.4. The Hall–Kier alpha value is -1.49. The molecule has 5 nitrogen and oxygen atoms in total. The van der Waals surface area contributed by atoms with Gasteiger partial charge in [-0.25, -0.2) is 14.1 Å². The van der Waals surface area contributed by atoms with Crippen molar-refractivity contribution in [3.05, 3.63) is 23.0 Å². The van der Waals surface area contributed by atoms with Gasteiger partial charge in [0, 0.05) is 12.6 Å². The van der Waals surface area contributed by atoms with Crippen LogP contribution in [-0.4, -0.2) is 28.9 Å². The number of fused-ring (bicyclic) bond motifs is 1. The number of hydrogen-bond donors (Lipinski definition) is 1. The molecule has 2 fully saturated rings. The van der Waals surface area contributed by atoms with Crippen LogP contribution in [0.4, 0.5) is 10.1 Å². The van der Waals surface area contributed by atoms with Crippen LogP contribution < -0.4 is 9.46 Å². The van der Waals surface area contributed by atoms with Gasteiger partial charge in [0.1, 0.15) is 17.5 Å². The molecule has 0 spiro atoms. The molecule has 0 radical (unpaired) electrons. The molecule has 23 heavy (non-hydrogen) atoms. The first-order valence-electron chi connectivity index (χ1n) is 7.31. The van der Waals surface area contributed by atoms with Crippen molar-refractivity contribution in [3.63, 3.8) is 0 Å². The minimum atomic E-state index is -0.676. The molecule has 2 heterocycles. The van der Waals surface area contributed by atoms with Crippen molar-refractivity contribution >= 4 is 34.4 Å². The van der Waals surface area contributed by atoms with Crippen molar-refractivity contribution in [3.8, 4) is 11.8 Å².